The van der Waals surface area contributed by atoms with Crippen molar-refractivity contribution >= 4 is 17.0 Å². The normalized spacial score (nSPS) is 11.0. The fourth-order valence-corrected chi connectivity index (χ4v) is 3.59. The van der Waals surface area contributed by atoms with Gasteiger partial charge in [0.05, 0.1) is 25.3 Å². The maximum absolute atomic E-state index is 12.8. The van der Waals surface area contributed by atoms with Gasteiger partial charge in [0.2, 0.25) is 5.82 Å². The van der Waals surface area contributed by atoms with Crippen LogP contribution in [0.15, 0.2) is 51.8 Å². The van der Waals surface area contributed by atoms with Crippen LogP contribution in [0.2, 0.25) is 0 Å². The molecule has 0 unspecified atom stereocenters. The average molecular weight is 452 g/mol. The van der Waals surface area contributed by atoms with E-state index in [2.05, 4.69) is 10.1 Å². The zero-order chi connectivity index (χ0) is 23.4. The summed E-state index contributed by atoms with van der Waals surface area (Å²) in [6.45, 7) is 2.14. The van der Waals surface area contributed by atoms with Crippen LogP contribution in [0, 0.1) is 0 Å². The molecule has 2 aromatic heterocycles. The molecule has 0 aliphatic rings. The molecular weight excluding hydrogens is 428 g/mol. The third-order valence-corrected chi connectivity index (χ3v) is 5.13. The lowest BCUT2D eigenvalue weighted by atomic mass is 10.2. The van der Waals surface area contributed by atoms with Gasteiger partial charge in [-0.25, -0.2) is 4.79 Å². The molecule has 0 saturated carbocycles. The van der Waals surface area contributed by atoms with E-state index in [0.717, 1.165) is 11.9 Å². The first kappa shape index (κ1) is 22.1. The van der Waals surface area contributed by atoms with Crippen molar-refractivity contribution in [1.82, 2.24) is 19.3 Å². The molecule has 0 aliphatic carbocycles. The van der Waals surface area contributed by atoms with Gasteiger partial charge in [-0.3, -0.25) is 13.9 Å². The van der Waals surface area contributed by atoms with Crippen molar-refractivity contribution in [2.24, 2.45) is 0 Å². The van der Waals surface area contributed by atoms with Gasteiger partial charge in [0.25, 0.3) is 5.89 Å². The van der Waals surface area contributed by atoms with Crippen molar-refractivity contribution in [3.05, 3.63) is 58.8 Å². The number of nitrogens with zero attached hydrogens (tertiary/aromatic N) is 4. The molecule has 10 nitrogen and oxygen atoms in total. The molecule has 10 heteroatoms. The first-order chi connectivity index (χ1) is 16.0. The molecule has 0 N–H and O–H groups in total. The van der Waals surface area contributed by atoms with Gasteiger partial charge < -0.3 is 18.7 Å². The molecule has 4 rings (SSSR count). The number of imidazole rings is 1. The van der Waals surface area contributed by atoms with Gasteiger partial charge in [-0.15, -0.1) is 0 Å². The summed E-state index contributed by atoms with van der Waals surface area (Å²) in [4.78, 5) is 29.5. The summed E-state index contributed by atoms with van der Waals surface area (Å²) in [6, 6.07) is 12.6. The molecule has 172 valence electrons. The summed E-state index contributed by atoms with van der Waals surface area (Å²) < 4.78 is 24.1. The van der Waals surface area contributed by atoms with Crippen molar-refractivity contribution < 1.29 is 23.5 Å². The zero-order valence-corrected chi connectivity index (χ0v) is 18.6. The van der Waals surface area contributed by atoms with Crippen LogP contribution in [0.1, 0.15) is 19.2 Å². The lowest BCUT2D eigenvalue weighted by Crippen LogP contribution is -2.27. The van der Waals surface area contributed by atoms with E-state index in [-0.39, 0.29) is 24.7 Å². The van der Waals surface area contributed by atoms with Crippen LogP contribution in [0.25, 0.3) is 22.4 Å². The van der Waals surface area contributed by atoms with Crippen LogP contribution in [-0.2, 0) is 29.2 Å². The quantitative estimate of drug-likeness (QED) is 0.356. The molecule has 2 heterocycles. The molecule has 4 aromatic rings. The molecular formula is C23H24N4O6. The van der Waals surface area contributed by atoms with E-state index < -0.39 is 5.97 Å². The largest absolute Gasteiger partial charge is 0.493 e. The lowest BCUT2D eigenvalue weighted by molar-refractivity contribution is -0.146. The Bertz CT molecular complexity index is 1340. The number of ether oxygens (including phenoxy) is 3. The minimum absolute atomic E-state index is 0.133. The summed E-state index contributed by atoms with van der Waals surface area (Å²) in [5.74, 6) is 0.979. The number of carbonyl (C=O) groups is 1. The van der Waals surface area contributed by atoms with E-state index in [1.807, 2.05) is 31.2 Å². The van der Waals surface area contributed by atoms with Crippen LogP contribution in [-0.4, -0.2) is 39.5 Å². The first-order valence-electron chi connectivity index (χ1n) is 10.4. The highest BCUT2D eigenvalue weighted by Crippen LogP contribution is 2.31. The van der Waals surface area contributed by atoms with Crippen LogP contribution in [0.3, 0.4) is 0 Å². The van der Waals surface area contributed by atoms with E-state index in [0.29, 0.717) is 34.9 Å². The third-order valence-electron chi connectivity index (χ3n) is 5.13. The molecule has 33 heavy (non-hydrogen) atoms. The summed E-state index contributed by atoms with van der Waals surface area (Å²) in [7, 11) is 3.09. The number of aromatic nitrogens is 4. The van der Waals surface area contributed by atoms with Crippen LogP contribution >= 0.6 is 0 Å². The highest BCUT2D eigenvalue weighted by atomic mass is 16.6. The highest BCUT2D eigenvalue weighted by molar-refractivity contribution is 5.78. The minimum atomic E-state index is -0.581. The van der Waals surface area contributed by atoms with Crippen molar-refractivity contribution in [3.63, 3.8) is 0 Å². The summed E-state index contributed by atoms with van der Waals surface area (Å²) in [5.41, 5.74) is 1.88. The monoisotopic (exact) mass is 452 g/mol. The Morgan fingerprint density at radius 1 is 1.03 bits per heavy atom. The number of esters is 1. The number of carbonyl (C=O) groups excluding carboxylic acids is 1. The van der Waals surface area contributed by atoms with Crippen LogP contribution < -0.4 is 15.2 Å². The van der Waals surface area contributed by atoms with Gasteiger partial charge in [0, 0.05) is 12.1 Å². The predicted molar refractivity (Wildman–Crippen MR) is 119 cm³/mol. The van der Waals surface area contributed by atoms with Gasteiger partial charge >= 0.3 is 11.7 Å². The second kappa shape index (κ2) is 9.60. The van der Waals surface area contributed by atoms with Crippen molar-refractivity contribution in [2.45, 2.75) is 33.0 Å². The Balaban J connectivity index is 1.45. The molecule has 2 aromatic carbocycles. The molecule has 0 saturated heterocycles. The topological polar surface area (TPSA) is 111 Å². The minimum Gasteiger partial charge on any atom is -0.493 e. The summed E-state index contributed by atoms with van der Waals surface area (Å²) in [6.07, 6.45) is 0.803. The molecule has 0 bridgehead atoms. The van der Waals surface area contributed by atoms with E-state index >= 15 is 0 Å². The third kappa shape index (κ3) is 4.45. The predicted octanol–water partition coefficient (Wildman–Crippen LogP) is 3.02. The Kier molecular flexibility index (Phi) is 6.43. The van der Waals surface area contributed by atoms with E-state index in [9.17, 15) is 9.59 Å². The molecule has 0 radical (unpaired) electrons. The van der Waals surface area contributed by atoms with E-state index in [1.165, 1.54) is 11.7 Å². The van der Waals surface area contributed by atoms with Gasteiger partial charge in [-0.1, -0.05) is 24.2 Å². The van der Waals surface area contributed by atoms with Gasteiger partial charge in [-0.2, -0.15) is 4.98 Å². The number of rotatable bonds is 9. The maximum atomic E-state index is 12.8. The number of hydrogen-bond acceptors (Lipinski definition) is 8. The number of hydrogen-bond donors (Lipinski definition) is 0. The molecule has 0 atom stereocenters. The molecule has 0 aliphatic heterocycles. The van der Waals surface area contributed by atoms with E-state index in [1.54, 1.807) is 29.9 Å². The SMILES string of the molecule is CCCn1c(=O)n(CC(=O)OCc2nc(-c3ccc(OC)c(OC)c3)no2)c2ccccc21. The van der Waals surface area contributed by atoms with Crippen LogP contribution in [0.4, 0.5) is 0 Å². The fourth-order valence-electron chi connectivity index (χ4n) is 3.59. The van der Waals surface area contributed by atoms with Crippen molar-refractivity contribution in [1.29, 1.82) is 0 Å². The molecule has 0 amide bonds. The molecule has 0 fully saturated rings. The highest BCUT2D eigenvalue weighted by Gasteiger charge is 2.17. The van der Waals surface area contributed by atoms with Crippen molar-refractivity contribution in [2.75, 3.05) is 14.2 Å². The van der Waals surface area contributed by atoms with Gasteiger partial charge in [0.1, 0.15) is 6.54 Å². The number of fused-ring (bicyclic) bond motifs is 1. The first-order valence-corrected chi connectivity index (χ1v) is 10.4. The molecule has 0 spiro atoms. The second-order valence-electron chi connectivity index (χ2n) is 7.25. The lowest BCUT2D eigenvalue weighted by Gasteiger charge is -2.07. The Morgan fingerprint density at radius 3 is 2.45 bits per heavy atom. The fraction of sp³-hybridized carbons (Fsp3) is 0.304. The summed E-state index contributed by atoms with van der Waals surface area (Å²) in [5, 5.41) is 3.93. The Hall–Kier alpha value is -4.08. The average Bonchev–Trinajstić information content (AvgIpc) is 3.42. The van der Waals surface area contributed by atoms with Crippen LogP contribution in [0.5, 0.6) is 11.5 Å². The maximum Gasteiger partial charge on any atom is 0.329 e. The number of benzene rings is 2. The number of aryl methyl sites for hydroxylation is 1. The second-order valence-corrected chi connectivity index (χ2v) is 7.25. The van der Waals surface area contributed by atoms with E-state index in [4.69, 9.17) is 18.7 Å². The Labute approximate surface area is 189 Å². The van der Waals surface area contributed by atoms with Crippen molar-refractivity contribution in [3.8, 4) is 22.9 Å². The van der Waals surface area contributed by atoms with Gasteiger partial charge in [-0.05, 0) is 36.8 Å². The number of methoxy groups -OCH3 is 2. The smallest absolute Gasteiger partial charge is 0.329 e. The number of para-hydroxylation sites is 2. The summed E-state index contributed by atoms with van der Waals surface area (Å²) >= 11 is 0. The van der Waals surface area contributed by atoms with Gasteiger partial charge in [0.15, 0.2) is 18.1 Å². The Morgan fingerprint density at radius 2 is 1.76 bits per heavy atom. The standard InChI is InChI=1S/C23H24N4O6/c1-4-11-26-16-7-5-6-8-17(16)27(23(26)29)13-21(28)32-14-20-24-22(25-33-20)15-9-10-18(30-2)19(12-15)31-3/h5-10,12H,4,11,13-14H2,1-3H3. The zero-order valence-electron chi connectivity index (χ0n) is 18.6.